The minimum absolute atomic E-state index is 0.627. The van der Waals surface area contributed by atoms with Gasteiger partial charge in [-0.1, -0.05) is 30.3 Å². The van der Waals surface area contributed by atoms with Gasteiger partial charge in [-0.25, -0.2) is 4.98 Å². The van der Waals surface area contributed by atoms with Crippen LogP contribution in [0.2, 0.25) is 0 Å². The minimum Gasteiger partial charge on any atom is -0.493 e. The van der Waals surface area contributed by atoms with Crippen LogP contribution in [0.15, 0.2) is 52.9 Å². The predicted octanol–water partition coefficient (Wildman–Crippen LogP) is 5.12. The van der Waals surface area contributed by atoms with E-state index in [0.717, 1.165) is 42.6 Å². The molecule has 1 fully saturated rings. The number of oxazole rings is 1. The molecule has 0 atom stereocenters. The summed E-state index contributed by atoms with van der Waals surface area (Å²) >= 11 is 0. The molecule has 30 heavy (non-hydrogen) atoms. The molecule has 0 radical (unpaired) electrons. The van der Waals surface area contributed by atoms with Crippen LogP contribution in [0.1, 0.15) is 29.9 Å². The van der Waals surface area contributed by atoms with Crippen molar-refractivity contribution in [2.45, 2.75) is 32.7 Å². The first-order valence-corrected chi connectivity index (χ1v) is 10.6. The number of likely N-dealkylation sites (tertiary alicyclic amines) is 1. The van der Waals surface area contributed by atoms with Crippen molar-refractivity contribution >= 4 is 0 Å². The summed E-state index contributed by atoms with van der Waals surface area (Å²) in [7, 11) is 3.27. The summed E-state index contributed by atoms with van der Waals surface area (Å²) in [5.41, 5.74) is 3.35. The molecule has 0 unspecified atom stereocenters. The molecule has 0 spiro atoms. The van der Waals surface area contributed by atoms with Crippen LogP contribution in [0.3, 0.4) is 0 Å². The Labute approximate surface area is 178 Å². The average Bonchev–Trinajstić information content (AvgIpc) is 3.15. The van der Waals surface area contributed by atoms with Crippen molar-refractivity contribution in [1.29, 1.82) is 0 Å². The van der Waals surface area contributed by atoms with Crippen LogP contribution in [-0.2, 0) is 13.0 Å². The number of methoxy groups -OCH3 is 2. The number of hydrogen-bond donors (Lipinski definition) is 0. The Balaban J connectivity index is 1.38. The molecule has 0 aliphatic carbocycles. The maximum Gasteiger partial charge on any atom is 0.226 e. The third-order valence-corrected chi connectivity index (χ3v) is 5.97. The van der Waals surface area contributed by atoms with E-state index in [-0.39, 0.29) is 0 Å². The van der Waals surface area contributed by atoms with Crippen molar-refractivity contribution in [3.63, 3.8) is 0 Å². The van der Waals surface area contributed by atoms with Crippen molar-refractivity contribution in [3.05, 3.63) is 65.5 Å². The lowest BCUT2D eigenvalue weighted by Crippen LogP contribution is -2.34. The normalized spacial score (nSPS) is 15.3. The lowest BCUT2D eigenvalue weighted by molar-refractivity contribution is 0.175. The van der Waals surface area contributed by atoms with Crippen molar-refractivity contribution < 1.29 is 13.9 Å². The third-order valence-electron chi connectivity index (χ3n) is 5.97. The van der Waals surface area contributed by atoms with Crippen LogP contribution in [0.5, 0.6) is 11.5 Å². The van der Waals surface area contributed by atoms with Gasteiger partial charge in [0, 0.05) is 12.1 Å². The third kappa shape index (κ3) is 4.68. The summed E-state index contributed by atoms with van der Waals surface area (Å²) in [6.07, 6.45) is 3.64. The van der Waals surface area contributed by atoms with Gasteiger partial charge in [-0.2, -0.15) is 0 Å². The van der Waals surface area contributed by atoms with E-state index in [1.165, 1.54) is 24.8 Å². The van der Waals surface area contributed by atoms with E-state index < -0.39 is 0 Å². The highest BCUT2D eigenvalue weighted by atomic mass is 16.5. The molecule has 1 saturated heterocycles. The number of aryl methyl sites for hydroxylation is 1. The number of benzene rings is 2. The second-order valence-electron chi connectivity index (χ2n) is 8.00. The highest BCUT2D eigenvalue weighted by molar-refractivity contribution is 5.60. The number of aromatic nitrogens is 1. The summed E-state index contributed by atoms with van der Waals surface area (Å²) in [6.45, 7) is 5.04. The van der Waals surface area contributed by atoms with Gasteiger partial charge in [0.1, 0.15) is 5.76 Å². The fourth-order valence-electron chi connectivity index (χ4n) is 4.18. The molecule has 2 heterocycles. The molecule has 158 valence electrons. The Morgan fingerprint density at radius 3 is 2.43 bits per heavy atom. The van der Waals surface area contributed by atoms with Crippen LogP contribution in [0.25, 0.3) is 11.5 Å². The average molecular weight is 407 g/mol. The van der Waals surface area contributed by atoms with Gasteiger partial charge in [0.15, 0.2) is 11.5 Å². The summed E-state index contributed by atoms with van der Waals surface area (Å²) in [4.78, 5) is 7.28. The molecular weight excluding hydrogens is 376 g/mol. The smallest absolute Gasteiger partial charge is 0.226 e. The zero-order chi connectivity index (χ0) is 20.9. The summed E-state index contributed by atoms with van der Waals surface area (Å²) in [6, 6.07) is 16.6. The van der Waals surface area contributed by atoms with E-state index >= 15 is 0 Å². The van der Waals surface area contributed by atoms with Crippen molar-refractivity contribution in [1.82, 2.24) is 9.88 Å². The van der Waals surface area contributed by atoms with E-state index in [1.807, 2.05) is 25.1 Å². The van der Waals surface area contributed by atoms with Crippen LogP contribution in [-0.4, -0.2) is 37.2 Å². The zero-order valence-electron chi connectivity index (χ0n) is 18.1. The molecule has 0 saturated carbocycles. The van der Waals surface area contributed by atoms with Gasteiger partial charge in [0.2, 0.25) is 5.89 Å². The van der Waals surface area contributed by atoms with Crippen LogP contribution in [0.4, 0.5) is 0 Å². The minimum atomic E-state index is 0.627. The van der Waals surface area contributed by atoms with Gasteiger partial charge in [-0.05, 0) is 69.0 Å². The van der Waals surface area contributed by atoms with Crippen molar-refractivity contribution in [2.24, 2.45) is 5.92 Å². The Kier molecular flexibility index (Phi) is 6.38. The van der Waals surface area contributed by atoms with E-state index in [1.54, 1.807) is 14.2 Å². The van der Waals surface area contributed by atoms with Gasteiger partial charge in [0.25, 0.3) is 0 Å². The zero-order valence-corrected chi connectivity index (χ0v) is 18.1. The van der Waals surface area contributed by atoms with E-state index in [2.05, 4.69) is 35.2 Å². The standard InChI is InChI=1S/C25H30N2O3/c1-18-22(26-25(30-18)21-9-10-23(28-2)24(16-21)29-3)17-27-13-11-20(12-14-27)15-19-7-5-4-6-8-19/h4-10,16,20H,11-15,17H2,1-3H3. The van der Waals surface area contributed by atoms with Gasteiger partial charge in [0.05, 0.1) is 19.9 Å². The Bertz CT molecular complexity index is 960. The Morgan fingerprint density at radius 2 is 1.73 bits per heavy atom. The van der Waals surface area contributed by atoms with E-state index in [0.29, 0.717) is 17.4 Å². The second kappa shape index (κ2) is 9.35. The molecule has 0 N–H and O–H groups in total. The molecule has 0 amide bonds. The molecule has 4 rings (SSSR count). The molecule has 3 aromatic rings. The van der Waals surface area contributed by atoms with Gasteiger partial charge in [-0.15, -0.1) is 0 Å². The molecule has 5 nitrogen and oxygen atoms in total. The lowest BCUT2D eigenvalue weighted by Gasteiger charge is -2.31. The molecule has 5 heteroatoms. The topological polar surface area (TPSA) is 47.7 Å². The maximum atomic E-state index is 5.98. The van der Waals surface area contributed by atoms with Crippen LogP contribution < -0.4 is 9.47 Å². The van der Waals surface area contributed by atoms with Crippen LogP contribution in [0, 0.1) is 12.8 Å². The van der Waals surface area contributed by atoms with E-state index in [9.17, 15) is 0 Å². The number of ether oxygens (including phenoxy) is 2. The highest BCUT2D eigenvalue weighted by Crippen LogP contribution is 2.33. The number of piperidine rings is 1. The molecular formula is C25H30N2O3. The van der Waals surface area contributed by atoms with E-state index in [4.69, 9.17) is 18.9 Å². The predicted molar refractivity (Wildman–Crippen MR) is 118 cm³/mol. The molecule has 1 aliphatic heterocycles. The van der Waals surface area contributed by atoms with Gasteiger partial charge < -0.3 is 13.9 Å². The number of hydrogen-bond acceptors (Lipinski definition) is 5. The SMILES string of the molecule is COc1ccc(-c2nc(CN3CCC(Cc4ccccc4)CC3)c(C)o2)cc1OC. The number of nitrogens with zero attached hydrogens (tertiary/aromatic N) is 2. The first-order chi connectivity index (χ1) is 14.7. The monoisotopic (exact) mass is 406 g/mol. The fourth-order valence-corrected chi connectivity index (χ4v) is 4.18. The summed E-state index contributed by atoms with van der Waals surface area (Å²) < 4.78 is 16.7. The highest BCUT2D eigenvalue weighted by Gasteiger charge is 2.22. The first-order valence-electron chi connectivity index (χ1n) is 10.6. The lowest BCUT2D eigenvalue weighted by atomic mass is 9.90. The maximum absolute atomic E-state index is 5.98. The second-order valence-corrected chi connectivity index (χ2v) is 8.00. The van der Waals surface area contributed by atoms with Crippen molar-refractivity contribution in [2.75, 3.05) is 27.3 Å². The summed E-state index contributed by atoms with van der Waals surface area (Å²) in [5, 5.41) is 0. The Morgan fingerprint density at radius 1 is 1.00 bits per heavy atom. The Hall–Kier alpha value is -2.79. The molecule has 1 aliphatic rings. The summed E-state index contributed by atoms with van der Waals surface area (Å²) in [5.74, 6) is 3.65. The molecule has 0 bridgehead atoms. The molecule has 2 aromatic carbocycles. The fraction of sp³-hybridized carbons (Fsp3) is 0.400. The van der Waals surface area contributed by atoms with Gasteiger partial charge in [-0.3, -0.25) is 4.90 Å². The van der Waals surface area contributed by atoms with Crippen LogP contribution >= 0.6 is 0 Å². The van der Waals surface area contributed by atoms with Gasteiger partial charge >= 0.3 is 0 Å². The number of rotatable bonds is 7. The van der Waals surface area contributed by atoms with Crippen molar-refractivity contribution in [3.8, 4) is 23.0 Å². The molecule has 1 aromatic heterocycles. The quantitative estimate of drug-likeness (QED) is 0.545. The largest absolute Gasteiger partial charge is 0.493 e. The first kappa shape index (κ1) is 20.5.